The minimum absolute atomic E-state index is 0.526. The van der Waals surface area contributed by atoms with E-state index in [1.165, 1.54) is 37.9 Å². The van der Waals surface area contributed by atoms with Crippen LogP contribution in [0.5, 0.6) is 0 Å². The molecule has 0 saturated heterocycles. The van der Waals surface area contributed by atoms with Crippen LogP contribution in [0.4, 0.5) is 0 Å². The van der Waals surface area contributed by atoms with Crippen molar-refractivity contribution >= 4 is 53.4 Å². The molecule has 0 N–H and O–H groups in total. The second-order valence-electron chi connectivity index (χ2n) is 7.21. The zero-order valence-corrected chi connectivity index (χ0v) is 20.2. The summed E-state index contributed by atoms with van der Waals surface area (Å²) < 4.78 is 3.44. The smallest absolute Gasteiger partial charge is 0.0181 e. The van der Waals surface area contributed by atoms with Crippen molar-refractivity contribution in [3.8, 4) is 22.3 Å². The van der Waals surface area contributed by atoms with Gasteiger partial charge in [0.05, 0.1) is 0 Å². The van der Waals surface area contributed by atoms with Gasteiger partial charge in [-0.05, 0) is 98.8 Å². The van der Waals surface area contributed by atoms with E-state index in [0.29, 0.717) is 5.92 Å². The summed E-state index contributed by atoms with van der Waals surface area (Å²) in [4.78, 5) is 0. The highest BCUT2D eigenvalue weighted by Crippen LogP contribution is 2.36. The number of hydrogen-bond acceptors (Lipinski definition) is 0. The normalized spacial score (nSPS) is 16.5. The lowest BCUT2D eigenvalue weighted by Gasteiger charge is -2.18. The quantitative estimate of drug-likeness (QED) is 0.300. The Morgan fingerprint density at radius 3 is 1.71 bits per heavy atom. The molecule has 0 nitrogen and oxygen atoms in total. The minimum atomic E-state index is 0.526. The molecule has 0 heterocycles. The molecule has 0 amide bonds. The molecule has 0 fully saturated rings. The molecule has 1 unspecified atom stereocenters. The predicted octanol–water partition coefficient (Wildman–Crippen LogP) is 9.25. The largest absolute Gasteiger partial charge is 0.0734 e. The number of benzene rings is 3. The fraction of sp³-hybridized carbons (Fsp3) is 0.120. The molecule has 1 aliphatic carbocycles. The molecule has 0 radical (unpaired) electrons. The highest BCUT2D eigenvalue weighted by molar-refractivity contribution is 9.11. The van der Waals surface area contributed by atoms with Crippen LogP contribution in [0.3, 0.4) is 0 Å². The molecule has 140 valence electrons. The van der Waals surface area contributed by atoms with Crippen LogP contribution in [0.1, 0.15) is 18.9 Å². The summed E-state index contributed by atoms with van der Waals surface area (Å²) in [6.07, 6.45) is 5.69. The number of rotatable bonds is 3. The maximum atomic E-state index is 3.72. The second kappa shape index (κ2) is 8.52. The first kappa shape index (κ1) is 19.9. The van der Waals surface area contributed by atoms with Crippen molar-refractivity contribution in [3.05, 3.63) is 97.9 Å². The fourth-order valence-corrected chi connectivity index (χ4v) is 5.15. The van der Waals surface area contributed by atoms with Gasteiger partial charge in [-0.3, -0.25) is 0 Å². The molecule has 28 heavy (non-hydrogen) atoms. The van der Waals surface area contributed by atoms with E-state index < -0.39 is 0 Å². The lowest BCUT2D eigenvalue weighted by molar-refractivity contribution is 0.734. The van der Waals surface area contributed by atoms with Gasteiger partial charge in [-0.2, -0.15) is 0 Å². The van der Waals surface area contributed by atoms with Crippen molar-refractivity contribution in [2.24, 2.45) is 5.92 Å². The lowest BCUT2D eigenvalue weighted by Crippen LogP contribution is -1.98. The Morgan fingerprint density at radius 1 is 0.679 bits per heavy atom. The summed E-state index contributed by atoms with van der Waals surface area (Å²) >= 11 is 10.9. The summed E-state index contributed by atoms with van der Waals surface area (Å²) in [6.45, 7) is 2.27. The van der Waals surface area contributed by atoms with Gasteiger partial charge >= 0.3 is 0 Å². The summed E-state index contributed by atoms with van der Waals surface area (Å²) in [5, 5.41) is 0. The Morgan fingerprint density at radius 2 is 1.21 bits per heavy atom. The minimum Gasteiger partial charge on any atom is -0.0734 e. The van der Waals surface area contributed by atoms with Gasteiger partial charge in [0.1, 0.15) is 0 Å². The van der Waals surface area contributed by atoms with E-state index in [-0.39, 0.29) is 0 Å². The van der Waals surface area contributed by atoms with Gasteiger partial charge in [0.2, 0.25) is 0 Å². The van der Waals surface area contributed by atoms with E-state index in [0.717, 1.165) is 15.4 Å². The van der Waals surface area contributed by atoms with Gasteiger partial charge in [0.25, 0.3) is 0 Å². The van der Waals surface area contributed by atoms with Crippen molar-refractivity contribution in [2.75, 3.05) is 0 Å². The summed E-state index contributed by atoms with van der Waals surface area (Å²) in [5.74, 6) is 0.526. The topological polar surface area (TPSA) is 0 Å². The third-order valence-electron chi connectivity index (χ3n) is 4.88. The van der Waals surface area contributed by atoms with E-state index in [2.05, 4.69) is 134 Å². The van der Waals surface area contributed by atoms with Crippen molar-refractivity contribution in [1.29, 1.82) is 0 Å². The molecule has 1 aliphatic rings. The number of hydrogen-bond donors (Lipinski definition) is 0. The van der Waals surface area contributed by atoms with Crippen molar-refractivity contribution in [1.82, 2.24) is 0 Å². The fourth-order valence-electron chi connectivity index (χ4n) is 3.59. The summed E-state index contributed by atoms with van der Waals surface area (Å²) in [5.41, 5.74) is 7.38. The molecule has 0 saturated carbocycles. The van der Waals surface area contributed by atoms with Crippen molar-refractivity contribution in [3.63, 3.8) is 0 Å². The zero-order valence-electron chi connectivity index (χ0n) is 15.4. The Kier molecular flexibility index (Phi) is 6.05. The van der Waals surface area contributed by atoms with Gasteiger partial charge in [-0.1, -0.05) is 85.1 Å². The molecule has 0 aliphatic heterocycles. The standard InChI is InChI=1S/C25H19Br3/c1-16-8-19(15-25(28)9-16)22-11-20(17-4-2-6-23(26)13-17)10-21(12-22)18-5-3-7-24(27)14-18/h2-8,10-16H,9H2,1H3. The van der Waals surface area contributed by atoms with Gasteiger partial charge in [0.15, 0.2) is 0 Å². The van der Waals surface area contributed by atoms with Crippen molar-refractivity contribution in [2.45, 2.75) is 13.3 Å². The van der Waals surface area contributed by atoms with E-state index >= 15 is 0 Å². The van der Waals surface area contributed by atoms with Gasteiger partial charge in [-0.15, -0.1) is 0 Å². The lowest BCUT2D eigenvalue weighted by atomic mass is 9.89. The monoisotopic (exact) mass is 556 g/mol. The van der Waals surface area contributed by atoms with Gasteiger partial charge in [0, 0.05) is 8.95 Å². The molecule has 3 heteroatoms. The van der Waals surface area contributed by atoms with Gasteiger partial charge in [-0.25, -0.2) is 0 Å². The Bertz CT molecular complexity index is 1030. The van der Waals surface area contributed by atoms with Crippen molar-refractivity contribution < 1.29 is 0 Å². The summed E-state index contributed by atoms with van der Waals surface area (Å²) in [7, 11) is 0. The molecule has 0 spiro atoms. The molecule has 1 atom stereocenters. The highest BCUT2D eigenvalue weighted by Gasteiger charge is 2.14. The van der Waals surface area contributed by atoms with Crippen LogP contribution in [-0.2, 0) is 0 Å². The van der Waals surface area contributed by atoms with Crippen LogP contribution in [0.15, 0.2) is 92.3 Å². The first-order valence-electron chi connectivity index (χ1n) is 9.23. The Hall–Kier alpha value is -1.42. The molecule has 4 rings (SSSR count). The predicted molar refractivity (Wildman–Crippen MR) is 131 cm³/mol. The van der Waals surface area contributed by atoms with E-state index in [1.807, 2.05) is 0 Å². The Balaban J connectivity index is 1.91. The molecule has 0 bridgehead atoms. The maximum Gasteiger partial charge on any atom is 0.0181 e. The third-order valence-corrected chi connectivity index (χ3v) is 6.41. The van der Waals surface area contributed by atoms with Gasteiger partial charge < -0.3 is 0 Å². The van der Waals surface area contributed by atoms with E-state index in [9.17, 15) is 0 Å². The van der Waals surface area contributed by atoms with Crippen LogP contribution in [0.2, 0.25) is 0 Å². The average molecular weight is 559 g/mol. The number of allylic oxidation sites excluding steroid dienone is 4. The maximum absolute atomic E-state index is 3.72. The van der Waals surface area contributed by atoms with Crippen LogP contribution >= 0.6 is 47.8 Å². The van der Waals surface area contributed by atoms with Crippen LogP contribution < -0.4 is 0 Å². The molecular formula is C25H19Br3. The van der Waals surface area contributed by atoms with Crippen LogP contribution in [0, 0.1) is 5.92 Å². The van der Waals surface area contributed by atoms with E-state index in [4.69, 9.17) is 0 Å². The molecule has 3 aromatic carbocycles. The SMILES string of the molecule is CC1C=C(c2cc(-c3cccc(Br)c3)cc(-c3cccc(Br)c3)c2)C=C(Br)C1. The van der Waals surface area contributed by atoms with Crippen LogP contribution in [-0.4, -0.2) is 0 Å². The Labute approximate surface area is 191 Å². The second-order valence-corrected chi connectivity index (χ2v) is 10.1. The number of halogens is 3. The zero-order chi connectivity index (χ0) is 19.7. The molecular weight excluding hydrogens is 540 g/mol. The average Bonchev–Trinajstić information content (AvgIpc) is 2.67. The van der Waals surface area contributed by atoms with E-state index in [1.54, 1.807) is 0 Å². The summed E-state index contributed by atoms with van der Waals surface area (Å²) in [6, 6.07) is 23.8. The highest BCUT2D eigenvalue weighted by atomic mass is 79.9. The third kappa shape index (κ3) is 4.59. The molecule has 3 aromatic rings. The van der Waals surface area contributed by atoms with Crippen LogP contribution in [0.25, 0.3) is 27.8 Å². The first-order valence-corrected chi connectivity index (χ1v) is 11.6. The molecule has 0 aromatic heterocycles. The first-order chi connectivity index (χ1) is 13.5.